The first-order valence-corrected chi connectivity index (χ1v) is 13.1. The van der Waals surface area contributed by atoms with Crippen molar-refractivity contribution in [2.45, 2.75) is 64.9 Å². The molecular formula is C14H32N2O4SSi. The van der Waals surface area contributed by atoms with Gasteiger partial charge in [0, 0.05) is 21.2 Å². The molecule has 0 radical (unpaired) electrons. The smallest absolute Gasteiger partial charge is 0.407 e. The molecule has 0 atom stereocenters. The Kier molecular flexibility index (Phi) is 8.64. The van der Waals surface area contributed by atoms with Gasteiger partial charge in [-0.15, -0.1) is 0 Å². The molecule has 22 heavy (non-hydrogen) atoms. The molecule has 0 aliphatic heterocycles. The molecule has 0 aromatic rings. The van der Waals surface area contributed by atoms with Gasteiger partial charge in [0.25, 0.3) is 0 Å². The largest absolute Gasteiger partial charge is 0.444 e. The molecule has 132 valence electrons. The van der Waals surface area contributed by atoms with Crippen LogP contribution in [-0.4, -0.2) is 47.0 Å². The zero-order valence-corrected chi connectivity index (χ0v) is 16.6. The Bertz CT molecular complexity index is 439. The third kappa shape index (κ3) is 14.3. The molecule has 0 aromatic heterocycles. The zero-order chi connectivity index (χ0) is 17.4. The number of rotatable bonds is 9. The number of unbranched alkanes of at least 4 members (excludes halogenated alkanes) is 1. The Hall–Kier alpha value is -0.603. The molecule has 8 heteroatoms. The van der Waals surface area contributed by atoms with Crippen LogP contribution in [0.5, 0.6) is 0 Å². The summed E-state index contributed by atoms with van der Waals surface area (Å²) in [6, 6.07) is 0.766. The maximum atomic E-state index is 11.8. The van der Waals surface area contributed by atoms with E-state index in [0.717, 1.165) is 6.04 Å². The number of carbonyl (C=O) groups is 1. The van der Waals surface area contributed by atoms with Crippen molar-refractivity contribution in [1.82, 2.24) is 10.0 Å². The quantitative estimate of drug-likeness (QED) is 0.493. The Labute approximate surface area is 136 Å². The number of ether oxygens (including phenoxy) is 1. The highest BCUT2D eigenvalue weighted by atomic mass is 32.2. The molecule has 2 N–H and O–H groups in total. The van der Waals surface area contributed by atoms with Gasteiger partial charge in [0.1, 0.15) is 5.60 Å². The number of nitrogens with one attached hydrogen (secondary N) is 2. The van der Waals surface area contributed by atoms with Crippen LogP contribution >= 0.6 is 0 Å². The normalized spacial score (nSPS) is 13.0. The highest BCUT2D eigenvalue weighted by Gasteiger charge is 2.18. The number of sulfonamides is 1. The Balaban J connectivity index is 3.75. The first kappa shape index (κ1) is 21.4. The van der Waals surface area contributed by atoms with Crippen molar-refractivity contribution < 1.29 is 17.9 Å². The van der Waals surface area contributed by atoms with Crippen LogP contribution in [0, 0.1) is 0 Å². The summed E-state index contributed by atoms with van der Waals surface area (Å²) in [5, 5.41) is 2.65. The summed E-state index contributed by atoms with van der Waals surface area (Å²) in [4.78, 5) is 11.4. The molecule has 1 amide bonds. The SMILES string of the molecule is CC(C)(C)OC(=O)NCCCCNS(=O)(=O)CC[Si](C)(C)C. The molecule has 0 saturated heterocycles. The molecule has 0 fully saturated rings. The van der Waals surface area contributed by atoms with Gasteiger partial charge in [-0.1, -0.05) is 19.6 Å². The lowest BCUT2D eigenvalue weighted by atomic mass is 10.2. The van der Waals surface area contributed by atoms with Gasteiger partial charge in [-0.05, 0) is 39.7 Å². The predicted molar refractivity (Wildman–Crippen MR) is 93.4 cm³/mol. The number of hydrogen-bond donors (Lipinski definition) is 2. The highest BCUT2D eigenvalue weighted by molar-refractivity contribution is 7.89. The molecule has 0 aliphatic carbocycles. The number of alkyl carbamates (subject to hydrolysis) is 1. The Morgan fingerprint density at radius 1 is 1.09 bits per heavy atom. The van der Waals surface area contributed by atoms with E-state index in [1.807, 2.05) is 20.8 Å². The summed E-state index contributed by atoms with van der Waals surface area (Å²) >= 11 is 0. The van der Waals surface area contributed by atoms with Gasteiger partial charge in [0.15, 0.2) is 0 Å². The molecular weight excluding hydrogens is 320 g/mol. The van der Waals surface area contributed by atoms with E-state index >= 15 is 0 Å². The van der Waals surface area contributed by atoms with Crippen molar-refractivity contribution in [2.24, 2.45) is 0 Å². The lowest BCUT2D eigenvalue weighted by molar-refractivity contribution is 0.0527. The number of amides is 1. The predicted octanol–water partition coefficient (Wildman–Crippen LogP) is 2.55. The summed E-state index contributed by atoms with van der Waals surface area (Å²) in [7, 11) is -4.51. The van der Waals surface area contributed by atoms with Gasteiger partial charge in [-0.25, -0.2) is 17.9 Å². The summed E-state index contributed by atoms with van der Waals surface area (Å²) in [5.41, 5.74) is -0.504. The lowest BCUT2D eigenvalue weighted by Gasteiger charge is -2.19. The molecule has 0 saturated carbocycles. The van der Waals surface area contributed by atoms with Crippen molar-refractivity contribution in [3.8, 4) is 0 Å². The van der Waals surface area contributed by atoms with E-state index in [2.05, 4.69) is 29.7 Å². The van der Waals surface area contributed by atoms with E-state index in [1.54, 1.807) is 0 Å². The monoisotopic (exact) mass is 352 g/mol. The maximum absolute atomic E-state index is 11.8. The molecule has 0 bridgehead atoms. The van der Waals surface area contributed by atoms with Crippen LogP contribution in [0.4, 0.5) is 4.79 Å². The maximum Gasteiger partial charge on any atom is 0.407 e. The van der Waals surface area contributed by atoms with Gasteiger partial charge in [0.2, 0.25) is 10.0 Å². The fourth-order valence-electron chi connectivity index (χ4n) is 1.50. The van der Waals surface area contributed by atoms with Crippen molar-refractivity contribution in [3.05, 3.63) is 0 Å². The number of carbonyl (C=O) groups excluding carboxylic acids is 1. The summed E-state index contributed by atoms with van der Waals surface area (Å²) < 4.78 is 31.3. The van der Waals surface area contributed by atoms with Gasteiger partial charge in [-0.3, -0.25) is 0 Å². The third-order valence-corrected chi connectivity index (χ3v) is 6.21. The van der Waals surface area contributed by atoms with Gasteiger partial charge >= 0.3 is 6.09 Å². The second-order valence-electron chi connectivity index (χ2n) is 7.66. The first-order valence-electron chi connectivity index (χ1n) is 7.75. The van der Waals surface area contributed by atoms with Crippen LogP contribution in [-0.2, 0) is 14.8 Å². The van der Waals surface area contributed by atoms with E-state index in [-0.39, 0.29) is 5.75 Å². The van der Waals surface area contributed by atoms with Crippen LogP contribution in [0.15, 0.2) is 0 Å². The van der Waals surface area contributed by atoms with Crippen molar-refractivity contribution >= 4 is 24.2 Å². The number of hydrogen-bond acceptors (Lipinski definition) is 4. The van der Waals surface area contributed by atoms with E-state index in [1.165, 1.54) is 0 Å². The average Bonchev–Trinajstić information content (AvgIpc) is 2.28. The van der Waals surface area contributed by atoms with E-state index in [0.29, 0.717) is 25.9 Å². The molecule has 0 aromatic carbocycles. The minimum atomic E-state index is -3.17. The van der Waals surface area contributed by atoms with E-state index < -0.39 is 29.8 Å². The molecule has 0 spiro atoms. The minimum absolute atomic E-state index is 0.207. The summed E-state index contributed by atoms with van der Waals surface area (Å²) in [5.74, 6) is 0.207. The Morgan fingerprint density at radius 3 is 2.14 bits per heavy atom. The zero-order valence-electron chi connectivity index (χ0n) is 14.8. The average molecular weight is 353 g/mol. The third-order valence-electron chi connectivity index (χ3n) is 2.71. The van der Waals surface area contributed by atoms with Crippen LogP contribution in [0.1, 0.15) is 33.6 Å². The lowest BCUT2D eigenvalue weighted by Crippen LogP contribution is -2.34. The molecule has 0 unspecified atom stereocenters. The van der Waals surface area contributed by atoms with Crippen molar-refractivity contribution in [1.29, 1.82) is 0 Å². The van der Waals surface area contributed by atoms with Crippen molar-refractivity contribution in [2.75, 3.05) is 18.8 Å². The second-order valence-corrected chi connectivity index (χ2v) is 15.2. The van der Waals surface area contributed by atoms with Crippen LogP contribution in [0.2, 0.25) is 25.7 Å². The Morgan fingerprint density at radius 2 is 1.64 bits per heavy atom. The second kappa shape index (κ2) is 8.88. The molecule has 0 rings (SSSR count). The van der Waals surface area contributed by atoms with E-state index in [4.69, 9.17) is 4.74 Å². The minimum Gasteiger partial charge on any atom is -0.444 e. The van der Waals surface area contributed by atoms with Crippen LogP contribution in [0.25, 0.3) is 0 Å². The van der Waals surface area contributed by atoms with Crippen molar-refractivity contribution in [3.63, 3.8) is 0 Å². The van der Waals surface area contributed by atoms with Gasteiger partial charge in [-0.2, -0.15) is 0 Å². The standard InChI is InChI=1S/C14H32N2O4SSi/c1-14(2,3)20-13(17)15-9-7-8-10-16-21(18,19)11-12-22(4,5)6/h16H,7-12H2,1-6H3,(H,15,17). The fraction of sp³-hybridized carbons (Fsp3) is 0.929. The molecule has 0 aliphatic rings. The summed E-state index contributed by atoms with van der Waals surface area (Å²) in [6.45, 7) is 12.8. The van der Waals surface area contributed by atoms with Gasteiger partial charge in [0.05, 0.1) is 5.75 Å². The first-order chi connectivity index (χ1) is 9.81. The van der Waals surface area contributed by atoms with Crippen LogP contribution < -0.4 is 10.0 Å². The van der Waals surface area contributed by atoms with Crippen LogP contribution in [0.3, 0.4) is 0 Å². The highest BCUT2D eigenvalue weighted by Crippen LogP contribution is 2.09. The molecule has 6 nitrogen and oxygen atoms in total. The summed E-state index contributed by atoms with van der Waals surface area (Å²) in [6.07, 6.45) is 0.945. The van der Waals surface area contributed by atoms with Gasteiger partial charge < -0.3 is 10.1 Å². The fourth-order valence-corrected chi connectivity index (χ4v) is 5.62. The molecule has 0 heterocycles. The topological polar surface area (TPSA) is 84.5 Å². The van der Waals surface area contributed by atoms with E-state index in [9.17, 15) is 13.2 Å².